The molecule has 2 N–H and O–H groups in total. The number of amides is 2. The highest BCUT2D eigenvalue weighted by atomic mass is 19.1. The minimum atomic E-state index is -1.01. The predicted molar refractivity (Wildman–Crippen MR) is 110 cm³/mol. The number of ether oxygens (including phenoxy) is 1. The topological polar surface area (TPSA) is 93.2 Å². The lowest BCUT2D eigenvalue weighted by atomic mass is 10.0. The predicted octanol–water partition coefficient (Wildman–Crippen LogP) is 3.94. The van der Waals surface area contributed by atoms with E-state index in [9.17, 15) is 18.4 Å². The molecule has 7 nitrogen and oxygen atoms in total. The van der Waals surface area contributed by atoms with Gasteiger partial charge in [0, 0.05) is 18.1 Å². The van der Waals surface area contributed by atoms with Crippen molar-refractivity contribution in [1.29, 1.82) is 0 Å². The Kier molecular flexibility index (Phi) is 6.86. The summed E-state index contributed by atoms with van der Waals surface area (Å²) in [4.78, 5) is 33.0. The van der Waals surface area contributed by atoms with Gasteiger partial charge in [-0.15, -0.1) is 0 Å². The highest BCUT2D eigenvalue weighted by molar-refractivity contribution is 6.01. The molecule has 2 amide bonds. The first-order valence-corrected chi connectivity index (χ1v) is 9.46. The molecule has 0 aliphatic rings. The molecule has 2 aromatic carbocycles. The van der Waals surface area contributed by atoms with Gasteiger partial charge in [-0.05, 0) is 48.4 Å². The smallest absolute Gasteiger partial charge is 0.321 e. The third-order valence-corrected chi connectivity index (χ3v) is 4.30. The summed E-state index contributed by atoms with van der Waals surface area (Å²) in [6.45, 7) is 3.41. The quantitative estimate of drug-likeness (QED) is 0.597. The van der Waals surface area contributed by atoms with Crippen molar-refractivity contribution < 1.29 is 23.1 Å². The summed E-state index contributed by atoms with van der Waals surface area (Å²) in [7, 11) is 0. The number of aromatic nitrogens is 2. The van der Waals surface area contributed by atoms with Gasteiger partial charge in [0.15, 0.2) is 0 Å². The molecule has 9 heteroatoms. The van der Waals surface area contributed by atoms with Crippen LogP contribution >= 0.6 is 0 Å². The van der Waals surface area contributed by atoms with Gasteiger partial charge in [0.25, 0.3) is 5.91 Å². The zero-order chi connectivity index (χ0) is 22.4. The molecule has 1 heterocycles. The SMILES string of the molecule is CC(C)C(NC(=O)c1c(F)cccc1F)C(=O)Nc1ccc(Oc2ncccn2)cc1. The minimum absolute atomic E-state index is 0.183. The Morgan fingerprint density at radius 1 is 0.935 bits per heavy atom. The molecule has 1 unspecified atom stereocenters. The van der Waals surface area contributed by atoms with Crippen LogP contribution in [0.25, 0.3) is 0 Å². The first-order chi connectivity index (χ1) is 14.8. The van der Waals surface area contributed by atoms with Crippen LogP contribution in [0.2, 0.25) is 0 Å². The van der Waals surface area contributed by atoms with Gasteiger partial charge in [-0.1, -0.05) is 19.9 Å². The maximum atomic E-state index is 13.9. The molecule has 160 valence electrons. The lowest BCUT2D eigenvalue weighted by Gasteiger charge is -2.22. The highest BCUT2D eigenvalue weighted by Gasteiger charge is 2.27. The number of nitrogens with zero attached hydrogens (tertiary/aromatic N) is 2. The second-order valence-corrected chi connectivity index (χ2v) is 6.94. The normalized spacial score (nSPS) is 11.6. The van der Waals surface area contributed by atoms with Crippen molar-refractivity contribution in [2.24, 2.45) is 5.92 Å². The Morgan fingerprint density at radius 2 is 1.55 bits per heavy atom. The molecule has 0 aliphatic heterocycles. The van der Waals surface area contributed by atoms with Crippen LogP contribution in [-0.2, 0) is 4.79 Å². The Bertz CT molecular complexity index is 1040. The minimum Gasteiger partial charge on any atom is -0.424 e. The molecular weight excluding hydrogens is 406 g/mol. The monoisotopic (exact) mass is 426 g/mol. The van der Waals surface area contributed by atoms with Crippen molar-refractivity contribution in [3.63, 3.8) is 0 Å². The van der Waals surface area contributed by atoms with E-state index < -0.39 is 35.1 Å². The van der Waals surface area contributed by atoms with Crippen molar-refractivity contribution in [2.45, 2.75) is 19.9 Å². The molecule has 0 spiro atoms. The summed E-state index contributed by atoms with van der Waals surface area (Å²) in [5, 5.41) is 5.08. The Morgan fingerprint density at radius 3 is 2.13 bits per heavy atom. The fourth-order valence-electron chi connectivity index (χ4n) is 2.73. The molecule has 1 aromatic heterocycles. The Balaban J connectivity index is 1.67. The van der Waals surface area contributed by atoms with Gasteiger partial charge in [0.05, 0.1) is 0 Å². The number of rotatable bonds is 7. The molecule has 0 aliphatic carbocycles. The number of hydrogen-bond acceptors (Lipinski definition) is 5. The molecule has 3 rings (SSSR count). The molecule has 31 heavy (non-hydrogen) atoms. The van der Waals surface area contributed by atoms with Crippen LogP contribution in [0.15, 0.2) is 60.9 Å². The summed E-state index contributed by atoms with van der Waals surface area (Å²) in [6, 6.07) is 10.4. The molecule has 0 saturated carbocycles. The van der Waals surface area contributed by atoms with E-state index in [0.717, 1.165) is 18.2 Å². The van der Waals surface area contributed by atoms with Crippen LogP contribution in [0, 0.1) is 17.6 Å². The van der Waals surface area contributed by atoms with E-state index in [-0.39, 0.29) is 11.9 Å². The number of carbonyl (C=O) groups excluding carboxylic acids is 2. The average molecular weight is 426 g/mol. The Hall–Kier alpha value is -3.88. The largest absolute Gasteiger partial charge is 0.424 e. The summed E-state index contributed by atoms with van der Waals surface area (Å²) in [5.74, 6) is -3.41. The summed E-state index contributed by atoms with van der Waals surface area (Å²) >= 11 is 0. The van der Waals surface area contributed by atoms with E-state index in [1.807, 2.05) is 0 Å². The van der Waals surface area contributed by atoms with Crippen LogP contribution < -0.4 is 15.4 Å². The van der Waals surface area contributed by atoms with E-state index in [2.05, 4.69) is 20.6 Å². The van der Waals surface area contributed by atoms with E-state index in [4.69, 9.17) is 4.74 Å². The zero-order valence-electron chi connectivity index (χ0n) is 16.8. The van der Waals surface area contributed by atoms with Crippen LogP contribution in [0.4, 0.5) is 14.5 Å². The number of hydrogen-bond donors (Lipinski definition) is 2. The average Bonchev–Trinajstić information content (AvgIpc) is 2.74. The highest BCUT2D eigenvalue weighted by Crippen LogP contribution is 2.20. The van der Waals surface area contributed by atoms with Crippen molar-refractivity contribution in [3.05, 3.63) is 78.1 Å². The molecule has 0 bridgehead atoms. The van der Waals surface area contributed by atoms with Crippen molar-refractivity contribution in [3.8, 4) is 11.8 Å². The van der Waals surface area contributed by atoms with Crippen LogP contribution in [0.3, 0.4) is 0 Å². The first-order valence-electron chi connectivity index (χ1n) is 9.46. The van der Waals surface area contributed by atoms with Crippen LogP contribution in [0.5, 0.6) is 11.8 Å². The van der Waals surface area contributed by atoms with Crippen LogP contribution in [-0.4, -0.2) is 27.8 Å². The second kappa shape index (κ2) is 9.75. The van der Waals surface area contributed by atoms with Crippen molar-refractivity contribution >= 4 is 17.5 Å². The third kappa shape index (κ3) is 5.59. The third-order valence-electron chi connectivity index (χ3n) is 4.30. The molecule has 3 aromatic rings. The van der Waals surface area contributed by atoms with Crippen LogP contribution in [0.1, 0.15) is 24.2 Å². The molecule has 0 fully saturated rings. The number of benzene rings is 2. The maximum absolute atomic E-state index is 13.9. The van der Waals surface area contributed by atoms with Gasteiger partial charge in [-0.3, -0.25) is 9.59 Å². The van der Waals surface area contributed by atoms with Gasteiger partial charge < -0.3 is 15.4 Å². The standard InChI is InChI=1S/C22H20F2N4O3/c1-13(2)19(28-20(29)18-16(23)5-3-6-17(18)24)21(30)27-14-7-9-15(10-8-14)31-22-25-11-4-12-26-22/h3-13,19H,1-2H3,(H,27,30)(H,28,29). The molecule has 1 atom stereocenters. The van der Waals surface area contributed by atoms with Gasteiger partial charge >= 0.3 is 6.01 Å². The molecular formula is C22H20F2N4O3. The van der Waals surface area contributed by atoms with Gasteiger partial charge in [-0.25, -0.2) is 18.7 Å². The van der Waals surface area contributed by atoms with Gasteiger partial charge in [0.2, 0.25) is 5.91 Å². The molecule has 0 saturated heterocycles. The summed E-state index contributed by atoms with van der Waals surface area (Å²) < 4.78 is 33.2. The van der Waals surface area contributed by atoms with E-state index >= 15 is 0 Å². The van der Waals surface area contributed by atoms with Crippen molar-refractivity contribution in [1.82, 2.24) is 15.3 Å². The fraction of sp³-hybridized carbons (Fsp3) is 0.182. The summed E-state index contributed by atoms with van der Waals surface area (Å²) in [5.41, 5.74) is -0.283. The zero-order valence-corrected chi connectivity index (χ0v) is 16.8. The van der Waals surface area contributed by atoms with Crippen molar-refractivity contribution in [2.75, 3.05) is 5.32 Å². The van der Waals surface area contributed by atoms with E-state index in [0.29, 0.717) is 11.4 Å². The lowest BCUT2D eigenvalue weighted by molar-refractivity contribution is -0.118. The maximum Gasteiger partial charge on any atom is 0.321 e. The number of carbonyl (C=O) groups is 2. The fourth-order valence-corrected chi connectivity index (χ4v) is 2.73. The molecule has 0 radical (unpaired) electrons. The van der Waals surface area contributed by atoms with Gasteiger partial charge in [-0.2, -0.15) is 0 Å². The number of halogens is 2. The van der Waals surface area contributed by atoms with E-state index in [1.165, 1.54) is 0 Å². The number of nitrogens with one attached hydrogen (secondary N) is 2. The van der Waals surface area contributed by atoms with Gasteiger partial charge in [0.1, 0.15) is 29.0 Å². The summed E-state index contributed by atoms with van der Waals surface area (Å²) in [6.07, 6.45) is 3.09. The lowest BCUT2D eigenvalue weighted by Crippen LogP contribution is -2.47. The number of anilines is 1. The Labute approximate surface area is 177 Å². The second-order valence-electron chi connectivity index (χ2n) is 6.94. The van der Waals surface area contributed by atoms with E-state index in [1.54, 1.807) is 56.6 Å². The first kappa shape index (κ1) is 21.8.